The van der Waals surface area contributed by atoms with Crippen LogP contribution in [0.4, 0.5) is 0 Å². The molecule has 2 heterocycles. The largest absolute Gasteiger partial charge is 0.464 e. The van der Waals surface area contributed by atoms with E-state index in [0.717, 1.165) is 5.58 Å². The van der Waals surface area contributed by atoms with Gasteiger partial charge in [0.1, 0.15) is 12.6 Å². The van der Waals surface area contributed by atoms with E-state index in [4.69, 9.17) is 4.42 Å². The first kappa shape index (κ1) is 8.48. The van der Waals surface area contributed by atoms with Crippen molar-refractivity contribution in [3.63, 3.8) is 0 Å². The molecule has 74 valence electrons. The summed E-state index contributed by atoms with van der Waals surface area (Å²) in [6.45, 7) is 2.13. The Balaban J connectivity index is 2.60. The van der Waals surface area contributed by atoms with Crippen LogP contribution < -0.4 is 4.57 Å². The maximum atomic E-state index is 5.39. The van der Waals surface area contributed by atoms with Gasteiger partial charge in [-0.1, -0.05) is 0 Å². The van der Waals surface area contributed by atoms with E-state index in [-0.39, 0.29) is 0 Å². The zero-order valence-electron chi connectivity index (χ0n) is 8.82. The van der Waals surface area contributed by atoms with Crippen LogP contribution in [0.5, 0.6) is 0 Å². The Morgan fingerprint density at radius 3 is 2.73 bits per heavy atom. The monoisotopic (exact) mass is 198 g/mol. The van der Waals surface area contributed by atoms with Gasteiger partial charge in [0, 0.05) is 29.1 Å². The van der Waals surface area contributed by atoms with Gasteiger partial charge in [-0.05, 0) is 18.2 Å². The highest BCUT2D eigenvalue weighted by atomic mass is 16.3. The summed E-state index contributed by atoms with van der Waals surface area (Å²) in [4.78, 5) is 0. The van der Waals surface area contributed by atoms with Gasteiger partial charge < -0.3 is 4.42 Å². The number of furan rings is 1. The number of benzene rings is 1. The molecule has 0 amide bonds. The molecule has 0 saturated carbocycles. The van der Waals surface area contributed by atoms with Gasteiger partial charge in [0.25, 0.3) is 0 Å². The van der Waals surface area contributed by atoms with Crippen LogP contribution in [0.25, 0.3) is 21.7 Å². The summed E-state index contributed by atoms with van der Waals surface area (Å²) in [5, 5.41) is 3.74. The highest BCUT2D eigenvalue weighted by molar-refractivity contribution is 6.05. The van der Waals surface area contributed by atoms with E-state index < -0.39 is 0 Å². The molecule has 0 atom stereocenters. The van der Waals surface area contributed by atoms with Crippen LogP contribution in [0.3, 0.4) is 0 Å². The van der Waals surface area contributed by atoms with E-state index in [0.29, 0.717) is 0 Å². The molecule has 2 aromatic heterocycles. The zero-order chi connectivity index (χ0) is 10.4. The van der Waals surface area contributed by atoms with Gasteiger partial charge >= 0.3 is 0 Å². The van der Waals surface area contributed by atoms with Crippen LogP contribution in [0.1, 0.15) is 5.69 Å². The lowest BCUT2D eigenvalue weighted by atomic mass is 10.1. The van der Waals surface area contributed by atoms with Crippen LogP contribution in [0.15, 0.2) is 41.1 Å². The number of aromatic nitrogens is 1. The van der Waals surface area contributed by atoms with Gasteiger partial charge in [-0.25, -0.2) is 4.57 Å². The first-order valence-corrected chi connectivity index (χ1v) is 5.02. The number of pyridine rings is 1. The lowest BCUT2D eigenvalue weighted by Crippen LogP contribution is -2.31. The van der Waals surface area contributed by atoms with E-state index in [1.807, 2.05) is 12.1 Å². The number of nitrogens with zero attached hydrogens (tertiary/aromatic N) is 1. The SMILES string of the molecule is Cc1c2ccc3occc3c2cc[n+]1C. The molecule has 0 bridgehead atoms. The fraction of sp³-hybridized carbons (Fsp3) is 0.154. The Morgan fingerprint density at radius 1 is 1.00 bits per heavy atom. The van der Waals surface area contributed by atoms with Gasteiger partial charge in [-0.2, -0.15) is 0 Å². The van der Waals surface area contributed by atoms with Gasteiger partial charge in [0.15, 0.2) is 11.9 Å². The number of aryl methyl sites for hydroxylation is 2. The van der Waals surface area contributed by atoms with Crippen molar-refractivity contribution in [2.45, 2.75) is 6.92 Å². The Bertz CT molecular complexity index is 652. The topological polar surface area (TPSA) is 17.0 Å². The lowest BCUT2D eigenvalue weighted by molar-refractivity contribution is -0.676. The van der Waals surface area contributed by atoms with Gasteiger partial charge in [0.05, 0.1) is 6.26 Å². The summed E-state index contributed by atoms with van der Waals surface area (Å²) in [6, 6.07) is 8.32. The van der Waals surface area contributed by atoms with Crippen molar-refractivity contribution in [1.29, 1.82) is 0 Å². The van der Waals surface area contributed by atoms with Crippen LogP contribution in [0.2, 0.25) is 0 Å². The summed E-state index contributed by atoms with van der Waals surface area (Å²) in [6.07, 6.45) is 3.83. The minimum atomic E-state index is 0.954. The quantitative estimate of drug-likeness (QED) is 0.507. The van der Waals surface area contributed by atoms with E-state index in [2.05, 4.69) is 36.9 Å². The van der Waals surface area contributed by atoms with Crippen LogP contribution in [-0.2, 0) is 7.05 Å². The zero-order valence-corrected chi connectivity index (χ0v) is 8.82. The molecule has 0 unspecified atom stereocenters. The van der Waals surface area contributed by atoms with Crippen molar-refractivity contribution in [2.24, 2.45) is 7.05 Å². The molecule has 1 aromatic carbocycles. The van der Waals surface area contributed by atoms with Crippen LogP contribution in [0, 0.1) is 6.92 Å². The fourth-order valence-electron chi connectivity index (χ4n) is 2.05. The Labute approximate surface area is 87.7 Å². The number of rotatable bonds is 0. The van der Waals surface area contributed by atoms with Crippen LogP contribution >= 0.6 is 0 Å². The Morgan fingerprint density at radius 2 is 1.87 bits per heavy atom. The molecule has 3 aromatic rings. The van der Waals surface area contributed by atoms with Crippen molar-refractivity contribution in [1.82, 2.24) is 0 Å². The summed E-state index contributed by atoms with van der Waals surface area (Å²) in [5.74, 6) is 0. The highest BCUT2D eigenvalue weighted by Gasteiger charge is 2.10. The van der Waals surface area contributed by atoms with Crippen molar-refractivity contribution >= 4 is 21.7 Å². The maximum absolute atomic E-state index is 5.39. The maximum Gasteiger partial charge on any atom is 0.185 e. The summed E-state index contributed by atoms with van der Waals surface area (Å²) in [5.41, 5.74) is 2.23. The normalized spacial score (nSPS) is 11.3. The smallest absolute Gasteiger partial charge is 0.185 e. The van der Waals surface area contributed by atoms with E-state index in [9.17, 15) is 0 Å². The lowest BCUT2D eigenvalue weighted by Gasteiger charge is -2.00. The minimum Gasteiger partial charge on any atom is -0.464 e. The van der Waals surface area contributed by atoms with Crippen molar-refractivity contribution in [3.05, 3.63) is 42.4 Å². The summed E-state index contributed by atoms with van der Waals surface area (Å²) < 4.78 is 7.52. The molecule has 0 saturated heterocycles. The highest BCUT2D eigenvalue weighted by Crippen LogP contribution is 2.26. The van der Waals surface area contributed by atoms with E-state index >= 15 is 0 Å². The first-order chi connectivity index (χ1) is 7.27. The van der Waals surface area contributed by atoms with Crippen molar-refractivity contribution in [2.75, 3.05) is 0 Å². The third-order valence-electron chi connectivity index (χ3n) is 3.06. The molecule has 0 radical (unpaired) electrons. The molecular formula is C13H12NO+. The third kappa shape index (κ3) is 1.08. The molecule has 0 N–H and O–H groups in total. The standard InChI is InChI=1S/C13H12NO/c1-9-10-3-4-13-12(6-8-15-13)11(10)5-7-14(9)2/h3-8H,1-2H3/q+1. The predicted molar refractivity (Wildman–Crippen MR) is 59.6 cm³/mol. The molecule has 0 aliphatic rings. The third-order valence-corrected chi connectivity index (χ3v) is 3.06. The number of hydrogen-bond acceptors (Lipinski definition) is 1. The molecule has 15 heavy (non-hydrogen) atoms. The predicted octanol–water partition coefficient (Wildman–Crippen LogP) is 2.72. The van der Waals surface area contributed by atoms with Crippen molar-refractivity contribution in [3.8, 4) is 0 Å². The molecule has 0 aliphatic carbocycles. The molecule has 2 nitrogen and oxygen atoms in total. The van der Waals surface area contributed by atoms with E-state index in [1.165, 1.54) is 21.9 Å². The Kier molecular flexibility index (Phi) is 1.60. The fourth-order valence-corrected chi connectivity index (χ4v) is 2.05. The van der Waals surface area contributed by atoms with Gasteiger partial charge in [-0.15, -0.1) is 0 Å². The number of fused-ring (bicyclic) bond motifs is 3. The van der Waals surface area contributed by atoms with Crippen LogP contribution in [-0.4, -0.2) is 0 Å². The van der Waals surface area contributed by atoms with Gasteiger partial charge in [-0.3, -0.25) is 0 Å². The molecule has 2 heteroatoms. The van der Waals surface area contributed by atoms with E-state index in [1.54, 1.807) is 6.26 Å². The average Bonchev–Trinajstić information content (AvgIpc) is 2.71. The molecule has 0 aliphatic heterocycles. The second-order valence-corrected chi connectivity index (χ2v) is 3.87. The van der Waals surface area contributed by atoms with Gasteiger partial charge in [0.2, 0.25) is 0 Å². The van der Waals surface area contributed by atoms with Crippen molar-refractivity contribution < 1.29 is 8.98 Å². The average molecular weight is 198 g/mol. The molecule has 0 fully saturated rings. The summed E-state index contributed by atoms with van der Waals surface area (Å²) >= 11 is 0. The second-order valence-electron chi connectivity index (χ2n) is 3.87. The Hall–Kier alpha value is -1.83. The number of hydrogen-bond donors (Lipinski definition) is 0. The second kappa shape index (κ2) is 2.83. The molecular weight excluding hydrogens is 186 g/mol. The first-order valence-electron chi connectivity index (χ1n) is 5.02. The molecule has 0 spiro atoms. The summed E-state index contributed by atoms with van der Waals surface area (Å²) in [7, 11) is 2.06. The molecule has 3 rings (SSSR count). The minimum absolute atomic E-state index is 0.954.